The highest BCUT2D eigenvalue weighted by molar-refractivity contribution is 5.84. The average Bonchev–Trinajstić information content (AvgIpc) is 2.83. The molecule has 0 radical (unpaired) electrons. The van der Waals surface area contributed by atoms with E-state index >= 15 is 0 Å². The molecule has 4 heteroatoms. The predicted molar refractivity (Wildman–Crippen MR) is 70.1 cm³/mol. The van der Waals surface area contributed by atoms with Crippen LogP contribution in [-0.2, 0) is 0 Å². The van der Waals surface area contributed by atoms with Crippen LogP contribution in [0.5, 0.6) is 0 Å². The molecule has 4 nitrogen and oxygen atoms in total. The maximum Gasteiger partial charge on any atom is 0.226 e. The molecule has 1 fully saturated rings. The summed E-state index contributed by atoms with van der Waals surface area (Å²) in [6.07, 6.45) is 2.48. The van der Waals surface area contributed by atoms with Crippen LogP contribution in [0.4, 0.5) is 11.6 Å². The van der Waals surface area contributed by atoms with Crippen molar-refractivity contribution in [2.75, 3.05) is 23.7 Å². The Kier molecular flexibility index (Phi) is 2.35. The molecule has 2 heterocycles. The van der Waals surface area contributed by atoms with Gasteiger partial charge in [0.25, 0.3) is 0 Å². The van der Waals surface area contributed by atoms with Crippen molar-refractivity contribution in [1.82, 2.24) is 9.97 Å². The zero-order valence-corrected chi connectivity index (χ0v) is 9.98. The van der Waals surface area contributed by atoms with Gasteiger partial charge in [-0.15, -0.1) is 0 Å². The summed E-state index contributed by atoms with van der Waals surface area (Å²) < 4.78 is 0. The van der Waals surface area contributed by atoms with Crippen molar-refractivity contribution in [2.45, 2.75) is 19.8 Å². The normalized spacial score (nSPS) is 15.7. The van der Waals surface area contributed by atoms with Gasteiger partial charge in [-0.1, -0.05) is 0 Å². The van der Waals surface area contributed by atoms with Crippen molar-refractivity contribution in [3.05, 3.63) is 23.9 Å². The van der Waals surface area contributed by atoms with E-state index in [1.807, 2.05) is 25.1 Å². The SMILES string of the molecule is Cc1nc(N2CCCC2)nc2ccc(N)cc12. The van der Waals surface area contributed by atoms with Gasteiger partial charge in [0.1, 0.15) is 0 Å². The second kappa shape index (κ2) is 3.87. The molecule has 0 saturated carbocycles. The van der Waals surface area contributed by atoms with Crippen LogP contribution in [0, 0.1) is 6.92 Å². The van der Waals surface area contributed by atoms with E-state index in [9.17, 15) is 0 Å². The van der Waals surface area contributed by atoms with Gasteiger partial charge in [-0.25, -0.2) is 9.97 Å². The van der Waals surface area contributed by atoms with E-state index in [0.29, 0.717) is 0 Å². The lowest BCUT2D eigenvalue weighted by molar-refractivity contribution is 0.900. The Bertz CT molecular complexity index is 559. The maximum absolute atomic E-state index is 5.79. The van der Waals surface area contributed by atoms with Gasteiger partial charge < -0.3 is 10.6 Å². The zero-order chi connectivity index (χ0) is 11.8. The lowest BCUT2D eigenvalue weighted by Crippen LogP contribution is -2.20. The minimum Gasteiger partial charge on any atom is -0.399 e. The molecule has 88 valence electrons. The Morgan fingerprint density at radius 3 is 2.71 bits per heavy atom. The molecule has 3 rings (SSSR count). The number of aromatic nitrogens is 2. The van der Waals surface area contributed by atoms with Gasteiger partial charge in [-0.3, -0.25) is 0 Å². The first-order valence-electron chi connectivity index (χ1n) is 6.03. The summed E-state index contributed by atoms with van der Waals surface area (Å²) in [5, 5.41) is 1.05. The number of hydrogen-bond donors (Lipinski definition) is 1. The van der Waals surface area contributed by atoms with Gasteiger partial charge in [0.05, 0.1) is 11.2 Å². The first kappa shape index (κ1) is 10.3. The molecule has 0 amide bonds. The largest absolute Gasteiger partial charge is 0.399 e. The van der Waals surface area contributed by atoms with E-state index < -0.39 is 0 Å². The lowest BCUT2D eigenvalue weighted by atomic mass is 10.2. The molecule has 0 aliphatic carbocycles. The molecule has 1 aromatic heterocycles. The van der Waals surface area contributed by atoms with Crippen LogP contribution < -0.4 is 10.6 Å². The number of benzene rings is 1. The monoisotopic (exact) mass is 228 g/mol. The maximum atomic E-state index is 5.79. The molecule has 2 N–H and O–H groups in total. The van der Waals surface area contributed by atoms with Crippen LogP contribution >= 0.6 is 0 Å². The van der Waals surface area contributed by atoms with Gasteiger partial charge in [0.15, 0.2) is 0 Å². The standard InChI is InChI=1S/C13H16N4/c1-9-11-8-10(14)4-5-12(11)16-13(15-9)17-6-2-3-7-17/h4-5,8H,2-3,6-7,14H2,1H3. The number of nitrogen functional groups attached to an aromatic ring is 1. The Morgan fingerprint density at radius 2 is 1.94 bits per heavy atom. The third-order valence-electron chi connectivity index (χ3n) is 3.29. The van der Waals surface area contributed by atoms with E-state index in [-0.39, 0.29) is 0 Å². The van der Waals surface area contributed by atoms with E-state index in [0.717, 1.165) is 41.3 Å². The lowest BCUT2D eigenvalue weighted by Gasteiger charge is -2.16. The summed E-state index contributed by atoms with van der Waals surface area (Å²) in [4.78, 5) is 11.5. The first-order valence-corrected chi connectivity index (χ1v) is 6.03. The fourth-order valence-electron chi connectivity index (χ4n) is 2.34. The zero-order valence-electron chi connectivity index (χ0n) is 9.98. The predicted octanol–water partition coefficient (Wildman–Crippen LogP) is 2.12. The van der Waals surface area contributed by atoms with E-state index in [1.165, 1.54) is 12.8 Å². The highest BCUT2D eigenvalue weighted by atomic mass is 15.3. The van der Waals surface area contributed by atoms with Gasteiger partial charge in [0, 0.05) is 24.2 Å². The van der Waals surface area contributed by atoms with Gasteiger partial charge >= 0.3 is 0 Å². The first-order chi connectivity index (χ1) is 8.24. The van der Waals surface area contributed by atoms with Crippen molar-refractivity contribution in [2.24, 2.45) is 0 Å². The Morgan fingerprint density at radius 1 is 1.18 bits per heavy atom. The summed E-state index contributed by atoms with van der Waals surface area (Å²) >= 11 is 0. The average molecular weight is 228 g/mol. The second-order valence-corrected chi connectivity index (χ2v) is 4.58. The summed E-state index contributed by atoms with van der Waals surface area (Å²) in [6, 6.07) is 5.81. The van der Waals surface area contributed by atoms with Crippen molar-refractivity contribution in [3.63, 3.8) is 0 Å². The van der Waals surface area contributed by atoms with Gasteiger partial charge in [-0.2, -0.15) is 0 Å². The number of nitrogens with two attached hydrogens (primary N) is 1. The van der Waals surface area contributed by atoms with Crippen molar-refractivity contribution in [3.8, 4) is 0 Å². The Balaban J connectivity index is 2.13. The number of fused-ring (bicyclic) bond motifs is 1. The van der Waals surface area contributed by atoms with Crippen LogP contribution in [-0.4, -0.2) is 23.1 Å². The molecule has 0 spiro atoms. The number of rotatable bonds is 1. The summed E-state index contributed by atoms with van der Waals surface area (Å²) in [7, 11) is 0. The van der Waals surface area contributed by atoms with Crippen LogP contribution in [0.2, 0.25) is 0 Å². The Labute approximate surface area is 100 Å². The Hall–Kier alpha value is -1.84. The molecule has 1 saturated heterocycles. The molecule has 0 bridgehead atoms. The molecule has 0 unspecified atom stereocenters. The van der Waals surface area contributed by atoms with E-state index in [4.69, 9.17) is 5.73 Å². The molecular weight excluding hydrogens is 212 g/mol. The van der Waals surface area contributed by atoms with Crippen molar-refractivity contribution in [1.29, 1.82) is 0 Å². The topological polar surface area (TPSA) is 55.0 Å². The van der Waals surface area contributed by atoms with Crippen LogP contribution in [0.3, 0.4) is 0 Å². The number of anilines is 2. The quantitative estimate of drug-likeness (QED) is 0.760. The third kappa shape index (κ3) is 1.79. The summed E-state index contributed by atoms with van der Waals surface area (Å²) in [5.41, 5.74) is 8.53. The summed E-state index contributed by atoms with van der Waals surface area (Å²) in [5.74, 6) is 0.859. The number of nitrogens with zero attached hydrogens (tertiary/aromatic N) is 3. The summed E-state index contributed by atoms with van der Waals surface area (Å²) in [6.45, 7) is 4.16. The third-order valence-corrected chi connectivity index (χ3v) is 3.29. The highest BCUT2D eigenvalue weighted by Crippen LogP contribution is 2.23. The molecule has 17 heavy (non-hydrogen) atoms. The molecule has 1 aromatic carbocycles. The van der Waals surface area contributed by atoms with Crippen LogP contribution in [0.1, 0.15) is 18.5 Å². The molecule has 1 aliphatic rings. The number of aryl methyl sites for hydroxylation is 1. The van der Waals surface area contributed by atoms with Gasteiger partial charge in [0.2, 0.25) is 5.95 Å². The van der Waals surface area contributed by atoms with Crippen LogP contribution in [0.15, 0.2) is 18.2 Å². The molecule has 1 aliphatic heterocycles. The minimum absolute atomic E-state index is 0.762. The highest BCUT2D eigenvalue weighted by Gasteiger charge is 2.16. The van der Waals surface area contributed by atoms with Crippen molar-refractivity contribution >= 4 is 22.5 Å². The molecule has 0 atom stereocenters. The molecular formula is C13H16N4. The fraction of sp³-hybridized carbons (Fsp3) is 0.385. The van der Waals surface area contributed by atoms with Crippen LogP contribution in [0.25, 0.3) is 10.9 Å². The van der Waals surface area contributed by atoms with E-state index in [1.54, 1.807) is 0 Å². The fourth-order valence-corrected chi connectivity index (χ4v) is 2.34. The van der Waals surface area contributed by atoms with Gasteiger partial charge in [-0.05, 0) is 38.0 Å². The van der Waals surface area contributed by atoms with Crippen molar-refractivity contribution < 1.29 is 0 Å². The second-order valence-electron chi connectivity index (χ2n) is 4.58. The molecule has 2 aromatic rings. The smallest absolute Gasteiger partial charge is 0.226 e. The number of hydrogen-bond acceptors (Lipinski definition) is 4. The van der Waals surface area contributed by atoms with E-state index in [2.05, 4.69) is 14.9 Å². The minimum atomic E-state index is 0.762.